The maximum Gasteiger partial charge on any atom is 0.254 e. The van der Waals surface area contributed by atoms with E-state index in [4.69, 9.17) is 0 Å². The Bertz CT molecular complexity index is 922. The van der Waals surface area contributed by atoms with Gasteiger partial charge in [0.25, 0.3) is 5.91 Å². The Kier molecular flexibility index (Phi) is 4.50. The second kappa shape index (κ2) is 6.81. The van der Waals surface area contributed by atoms with Gasteiger partial charge in [-0.2, -0.15) is 4.31 Å². The molecule has 0 bridgehead atoms. The van der Waals surface area contributed by atoms with Crippen LogP contribution < -0.4 is 0 Å². The normalized spacial score (nSPS) is 17.9. The molecule has 0 aliphatic carbocycles. The second-order valence-electron chi connectivity index (χ2n) is 6.75. The van der Waals surface area contributed by atoms with Crippen molar-refractivity contribution in [3.05, 3.63) is 59.4 Å². The largest absolute Gasteiger partial charge is 0.334 e. The first kappa shape index (κ1) is 17.2. The number of fused-ring (bicyclic) bond motifs is 1. The van der Waals surface area contributed by atoms with Crippen LogP contribution in [0, 0.1) is 0 Å². The van der Waals surface area contributed by atoms with Crippen LogP contribution in [0.5, 0.6) is 0 Å². The van der Waals surface area contributed by atoms with Gasteiger partial charge in [-0.15, -0.1) is 0 Å². The molecule has 0 unspecified atom stereocenters. The van der Waals surface area contributed by atoms with E-state index in [-0.39, 0.29) is 5.91 Å². The molecule has 0 radical (unpaired) electrons. The molecule has 0 spiro atoms. The van der Waals surface area contributed by atoms with Crippen LogP contribution in [0.1, 0.15) is 34.3 Å². The van der Waals surface area contributed by atoms with Crippen LogP contribution >= 0.6 is 0 Å². The van der Waals surface area contributed by atoms with Crippen LogP contribution in [-0.4, -0.2) is 48.1 Å². The number of hydrogen-bond acceptors (Lipinski definition) is 4. The molecule has 2 aromatic rings. The summed E-state index contributed by atoms with van der Waals surface area (Å²) in [5, 5.41) is 0. The van der Waals surface area contributed by atoms with Crippen LogP contribution in [0.25, 0.3) is 0 Å². The molecular formula is C19H21N3O3S. The van der Waals surface area contributed by atoms with Crippen molar-refractivity contribution >= 4 is 15.9 Å². The summed E-state index contributed by atoms with van der Waals surface area (Å²) in [6.07, 6.45) is 5.77. The fraction of sp³-hybridized carbons (Fsp3) is 0.368. The first-order chi connectivity index (χ1) is 12.6. The molecule has 1 fully saturated rings. The van der Waals surface area contributed by atoms with E-state index in [1.54, 1.807) is 45.9 Å². The predicted octanol–water partition coefficient (Wildman–Crippen LogP) is 2.06. The third-order valence-corrected chi connectivity index (χ3v) is 7.00. The van der Waals surface area contributed by atoms with E-state index in [0.717, 1.165) is 30.4 Å². The van der Waals surface area contributed by atoms with Gasteiger partial charge in [-0.25, -0.2) is 8.42 Å². The van der Waals surface area contributed by atoms with Crippen molar-refractivity contribution < 1.29 is 13.2 Å². The Labute approximate surface area is 153 Å². The number of aromatic nitrogens is 1. The molecule has 2 aliphatic rings. The summed E-state index contributed by atoms with van der Waals surface area (Å²) in [5.41, 5.74) is 2.63. The summed E-state index contributed by atoms with van der Waals surface area (Å²) >= 11 is 0. The van der Waals surface area contributed by atoms with Crippen LogP contribution in [-0.2, 0) is 23.0 Å². The summed E-state index contributed by atoms with van der Waals surface area (Å²) < 4.78 is 27.1. The predicted molar refractivity (Wildman–Crippen MR) is 97.1 cm³/mol. The maximum absolute atomic E-state index is 12.8. The van der Waals surface area contributed by atoms with E-state index >= 15 is 0 Å². The molecule has 3 heterocycles. The summed E-state index contributed by atoms with van der Waals surface area (Å²) in [5.74, 6) is -0.0501. The van der Waals surface area contributed by atoms with E-state index in [1.165, 1.54) is 0 Å². The smallest absolute Gasteiger partial charge is 0.254 e. The zero-order valence-electron chi connectivity index (χ0n) is 14.5. The molecule has 6 nitrogen and oxygen atoms in total. The number of pyridine rings is 1. The summed E-state index contributed by atoms with van der Waals surface area (Å²) in [6.45, 7) is 2.24. The number of benzene rings is 1. The van der Waals surface area contributed by atoms with Crippen LogP contribution in [0.3, 0.4) is 0 Å². The zero-order chi connectivity index (χ0) is 18.1. The lowest BCUT2D eigenvalue weighted by atomic mass is 9.99. The van der Waals surface area contributed by atoms with Gasteiger partial charge in [0, 0.05) is 44.1 Å². The van der Waals surface area contributed by atoms with Crippen molar-refractivity contribution in [3.63, 3.8) is 0 Å². The minimum absolute atomic E-state index is 0.0501. The van der Waals surface area contributed by atoms with Gasteiger partial charge in [0.2, 0.25) is 10.0 Å². The molecule has 0 N–H and O–H groups in total. The molecule has 26 heavy (non-hydrogen) atoms. The average molecular weight is 371 g/mol. The van der Waals surface area contributed by atoms with Gasteiger partial charge in [0.15, 0.2) is 0 Å². The summed E-state index contributed by atoms with van der Waals surface area (Å²) in [4.78, 5) is 18.7. The highest BCUT2D eigenvalue weighted by Gasteiger charge is 2.29. The molecule has 136 valence electrons. The molecular weight excluding hydrogens is 350 g/mol. The molecule has 2 aliphatic heterocycles. The number of sulfonamides is 1. The number of hydrogen-bond donors (Lipinski definition) is 0. The molecule has 4 rings (SSSR count). The van der Waals surface area contributed by atoms with Crippen molar-refractivity contribution in [1.82, 2.24) is 14.2 Å². The molecule has 1 amide bonds. The topological polar surface area (TPSA) is 70.6 Å². The monoisotopic (exact) mass is 371 g/mol. The van der Waals surface area contributed by atoms with Gasteiger partial charge in [-0.05, 0) is 54.7 Å². The Morgan fingerprint density at radius 3 is 2.42 bits per heavy atom. The first-order valence-corrected chi connectivity index (χ1v) is 10.3. The van der Waals surface area contributed by atoms with Crippen molar-refractivity contribution in [3.8, 4) is 0 Å². The Morgan fingerprint density at radius 2 is 1.69 bits per heavy atom. The highest BCUT2D eigenvalue weighted by Crippen LogP contribution is 2.26. The average Bonchev–Trinajstić information content (AvgIpc) is 3.23. The van der Waals surface area contributed by atoms with E-state index < -0.39 is 10.0 Å². The maximum atomic E-state index is 12.8. The second-order valence-corrected chi connectivity index (χ2v) is 8.69. The molecule has 1 aromatic heterocycles. The van der Waals surface area contributed by atoms with Crippen molar-refractivity contribution in [1.29, 1.82) is 0 Å². The fourth-order valence-electron chi connectivity index (χ4n) is 3.62. The van der Waals surface area contributed by atoms with E-state index in [1.807, 2.05) is 6.07 Å². The number of carbonyl (C=O) groups is 1. The Morgan fingerprint density at radius 1 is 0.962 bits per heavy atom. The standard InChI is InChI=1S/C19H21N3O3S/c23-19(16-5-8-20-9-6-16)21-12-7-15-3-4-18(13-17(15)14-21)26(24,25)22-10-1-2-11-22/h3-6,8-9,13H,1-2,7,10-12,14H2. The van der Waals surface area contributed by atoms with Gasteiger partial charge >= 0.3 is 0 Å². The summed E-state index contributed by atoms with van der Waals surface area (Å²) in [6, 6.07) is 8.74. The quantitative estimate of drug-likeness (QED) is 0.828. The van der Waals surface area contributed by atoms with E-state index in [0.29, 0.717) is 36.6 Å². The summed E-state index contributed by atoms with van der Waals surface area (Å²) in [7, 11) is -3.44. The molecule has 1 aromatic carbocycles. The van der Waals surface area contributed by atoms with E-state index in [9.17, 15) is 13.2 Å². The zero-order valence-corrected chi connectivity index (χ0v) is 15.3. The lowest BCUT2D eigenvalue weighted by molar-refractivity contribution is 0.0734. The third-order valence-electron chi connectivity index (χ3n) is 5.11. The number of nitrogens with zero attached hydrogens (tertiary/aromatic N) is 3. The molecule has 0 saturated carbocycles. The number of rotatable bonds is 3. The lowest BCUT2D eigenvalue weighted by Gasteiger charge is -2.29. The van der Waals surface area contributed by atoms with Crippen LogP contribution in [0.4, 0.5) is 0 Å². The number of amides is 1. The van der Waals surface area contributed by atoms with Crippen molar-refractivity contribution in [2.24, 2.45) is 0 Å². The highest BCUT2D eigenvalue weighted by molar-refractivity contribution is 7.89. The molecule has 1 saturated heterocycles. The van der Waals surface area contributed by atoms with Gasteiger partial charge in [0.1, 0.15) is 0 Å². The van der Waals surface area contributed by atoms with Crippen molar-refractivity contribution in [2.45, 2.75) is 30.7 Å². The highest BCUT2D eigenvalue weighted by atomic mass is 32.2. The minimum Gasteiger partial charge on any atom is -0.334 e. The van der Waals surface area contributed by atoms with Gasteiger partial charge in [0.05, 0.1) is 4.90 Å². The Balaban J connectivity index is 1.59. The van der Waals surface area contributed by atoms with Crippen molar-refractivity contribution in [2.75, 3.05) is 19.6 Å². The number of carbonyl (C=O) groups excluding carboxylic acids is 1. The molecule has 7 heteroatoms. The minimum atomic E-state index is -3.44. The fourth-order valence-corrected chi connectivity index (χ4v) is 5.19. The first-order valence-electron chi connectivity index (χ1n) is 8.87. The Hall–Kier alpha value is -2.25. The van der Waals surface area contributed by atoms with Gasteiger partial charge in [-0.3, -0.25) is 9.78 Å². The lowest BCUT2D eigenvalue weighted by Crippen LogP contribution is -2.36. The van der Waals surface area contributed by atoms with E-state index in [2.05, 4.69) is 4.98 Å². The SMILES string of the molecule is O=C(c1ccncc1)N1CCc2ccc(S(=O)(=O)N3CCCC3)cc2C1. The van der Waals surface area contributed by atoms with Crippen LogP contribution in [0.2, 0.25) is 0 Å². The van der Waals surface area contributed by atoms with Crippen LogP contribution in [0.15, 0.2) is 47.6 Å². The third kappa shape index (κ3) is 3.12. The van der Waals surface area contributed by atoms with Gasteiger partial charge in [-0.1, -0.05) is 6.07 Å². The van der Waals surface area contributed by atoms with Gasteiger partial charge < -0.3 is 4.90 Å². The molecule has 0 atom stereocenters.